The van der Waals surface area contributed by atoms with Gasteiger partial charge in [-0.25, -0.2) is 19.2 Å². The molecule has 3 aromatic heterocycles. The second-order valence-corrected chi connectivity index (χ2v) is 11.2. The van der Waals surface area contributed by atoms with Crippen molar-refractivity contribution in [3.8, 4) is 15.8 Å². The molecule has 0 saturated carbocycles. The van der Waals surface area contributed by atoms with E-state index in [-0.39, 0.29) is 34.0 Å². The number of hydrogen-bond acceptors (Lipinski definition) is 9. The van der Waals surface area contributed by atoms with Crippen LogP contribution in [-0.4, -0.2) is 58.9 Å². The molecule has 9 nitrogen and oxygen atoms in total. The van der Waals surface area contributed by atoms with Crippen molar-refractivity contribution in [1.82, 2.24) is 20.3 Å². The molecule has 38 heavy (non-hydrogen) atoms. The van der Waals surface area contributed by atoms with Gasteiger partial charge in [0, 0.05) is 12.2 Å². The molecule has 200 valence electrons. The number of H-pyrrole nitrogens is 1. The smallest absolute Gasteiger partial charge is 0.434 e. The standard InChI is InChI=1S/C24H22Cl2FN5O4S2/c1-3-35-24(34)36-22-19(21-30-14-6-4-5-7-15(14)37-21)31-23(38-22)32-9-8-13(12(27)10-32)29-20(33)18-17(26)16(25)11(2)28-18/h4-7,12-13,28H,3,8-10H2,1-2H3,(H,29,33)/t12-,13+/m0/s1. The van der Waals surface area contributed by atoms with Crippen LogP contribution in [0.1, 0.15) is 29.5 Å². The highest BCUT2D eigenvalue weighted by Gasteiger charge is 2.34. The van der Waals surface area contributed by atoms with Crippen LogP contribution in [0, 0.1) is 6.92 Å². The highest BCUT2D eigenvalue weighted by Crippen LogP contribution is 2.43. The Bertz CT molecular complexity index is 1470. The van der Waals surface area contributed by atoms with Gasteiger partial charge in [-0.2, -0.15) is 0 Å². The predicted octanol–water partition coefficient (Wildman–Crippen LogP) is 6.25. The number of benzene rings is 1. The Labute approximate surface area is 234 Å². The fraction of sp³-hybridized carbons (Fsp3) is 0.333. The highest BCUT2D eigenvalue weighted by atomic mass is 35.5. The maximum absolute atomic E-state index is 15.3. The van der Waals surface area contributed by atoms with E-state index in [2.05, 4.69) is 20.3 Å². The number of aromatic amines is 1. The van der Waals surface area contributed by atoms with E-state index in [4.69, 9.17) is 32.7 Å². The van der Waals surface area contributed by atoms with Gasteiger partial charge >= 0.3 is 6.16 Å². The molecule has 0 spiro atoms. The number of thiazole rings is 2. The molecule has 1 amide bonds. The van der Waals surface area contributed by atoms with Gasteiger partial charge in [-0.3, -0.25) is 4.79 Å². The van der Waals surface area contributed by atoms with Crippen LogP contribution in [0.15, 0.2) is 24.3 Å². The third-order valence-electron chi connectivity index (χ3n) is 5.93. The monoisotopic (exact) mass is 597 g/mol. The van der Waals surface area contributed by atoms with E-state index in [9.17, 15) is 9.59 Å². The molecule has 5 rings (SSSR count). The molecule has 1 aliphatic heterocycles. The lowest BCUT2D eigenvalue weighted by Crippen LogP contribution is -2.52. The van der Waals surface area contributed by atoms with Crippen LogP contribution < -0.4 is 15.0 Å². The Hall–Kier alpha value is -2.93. The zero-order valence-electron chi connectivity index (χ0n) is 20.2. The largest absolute Gasteiger partial charge is 0.514 e. The quantitative estimate of drug-likeness (QED) is 0.253. The van der Waals surface area contributed by atoms with E-state index >= 15 is 4.39 Å². The van der Waals surface area contributed by atoms with Gasteiger partial charge in [-0.1, -0.05) is 46.7 Å². The van der Waals surface area contributed by atoms with Crippen molar-refractivity contribution in [1.29, 1.82) is 0 Å². The molecule has 0 aliphatic carbocycles. The number of piperidine rings is 1. The number of nitrogens with one attached hydrogen (secondary N) is 2. The fourth-order valence-electron chi connectivity index (χ4n) is 4.04. The summed E-state index contributed by atoms with van der Waals surface area (Å²) in [5, 5.41) is 4.34. The van der Waals surface area contributed by atoms with E-state index in [0.29, 0.717) is 34.5 Å². The van der Waals surface area contributed by atoms with E-state index in [1.165, 1.54) is 11.3 Å². The molecular formula is C24H22Cl2FN5O4S2. The number of para-hydroxylation sites is 1. The number of nitrogens with zero attached hydrogens (tertiary/aromatic N) is 3. The van der Waals surface area contributed by atoms with Crippen molar-refractivity contribution in [2.45, 2.75) is 32.5 Å². The Morgan fingerprint density at radius 1 is 1.24 bits per heavy atom. The average Bonchev–Trinajstić information content (AvgIpc) is 3.57. The van der Waals surface area contributed by atoms with Crippen LogP contribution in [-0.2, 0) is 4.74 Å². The predicted molar refractivity (Wildman–Crippen MR) is 147 cm³/mol. The van der Waals surface area contributed by atoms with Gasteiger partial charge in [0.1, 0.15) is 16.9 Å². The summed E-state index contributed by atoms with van der Waals surface area (Å²) < 4.78 is 26.6. The van der Waals surface area contributed by atoms with Gasteiger partial charge in [-0.15, -0.1) is 11.3 Å². The molecule has 1 saturated heterocycles. The number of aryl methyl sites for hydroxylation is 1. The van der Waals surface area contributed by atoms with Crippen LogP contribution >= 0.6 is 45.9 Å². The number of halogens is 3. The number of rotatable bonds is 6. The van der Waals surface area contributed by atoms with Gasteiger partial charge in [0.15, 0.2) is 10.8 Å². The minimum atomic E-state index is -1.39. The molecule has 1 fully saturated rings. The third-order valence-corrected chi connectivity index (χ3v) is 8.91. The summed E-state index contributed by atoms with van der Waals surface area (Å²) in [5.74, 6) is -0.524. The second kappa shape index (κ2) is 11.0. The zero-order valence-corrected chi connectivity index (χ0v) is 23.4. The van der Waals surface area contributed by atoms with Crippen LogP contribution in [0.2, 0.25) is 10.0 Å². The minimum Gasteiger partial charge on any atom is -0.434 e. The lowest BCUT2D eigenvalue weighted by atomic mass is 10.0. The lowest BCUT2D eigenvalue weighted by molar-refractivity contribution is 0.0893. The summed E-state index contributed by atoms with van der Waals surface area (Å²) in [7, 11) is 0. The van der Waals surface area contributed by atoms with Gasteiger partial charge in [0.05, 0.1) is 39.5 Å². The van der Waals surface area contributed by atoms with Crippen molar-refractivity contribution in [3.63, 3.8) is 0 Å². The normalized spacial score (nSPS) is 17.6. The van der Waals surface area contributed by atoms with Crippen molar-refractivity contribution < 1.29 is 23.5 Å². The molecular weight excluding hydrogens is 576 g/mol. The number of carbonyl (C=O) groups excluding carboxylic acids is 2. The summed E-state index contributed by atoms with van der Waals surface area (Å²) in [6.07, 6.45) is -1.92. The highest BCUT2D eigenvalue weighted by molar-refractivity contribution is 7.22. The summed E-state index contributed by atoms with van der Waals surface area (Å²) in [5.41, 5.74) is 1.84. The van der Waals surface area contributed by atoms with Gasteiger partial charge in [0.25, 0.3) is 5.91 Å². The Morgan fingerprint density at radius 2 is 2.03 bits per heavy atom. The van der Waals surface area contributed by atoms with Crippen molar-refractivity contribution in [2.75, 3.05) is 24.6 Å². The van der Waals surface area contributed by atoms with E-state index < -0.39 is 24.3 Å². The molecule has 2 N–H and O–H groups in total. The number of ether oxygens (including phenoxy) is 2. The molecule has 4 heterocycles. The van der Waals surface area contributed by atoms with Crippen LogP contribution in [0.5, 0.6) is 5.06 Å². The average molecular weight is 599 g/mol. The first-order chi connectivity index (χ1) is 18.2. The third kappa shape index (κ3) is 5.31. The van der Waals surface area contributed by atoms with E-state index in [1.807, 2.05) is 24.3 Å². The molecule has 1 aromatic carbocycles. The van der Waals surface area contributed by atoms with E-state index in [1.54, 1.807) is 18.7 Å². The first kappa shape index (κ1) is 26.7. The molecule has 0 bridgehead atoms. The van der Waals surface area contributed by atoms with Crippen molar-refractivity contribution in [2.24, 2.45) is 0 Å². The first-order valence-electron chi connectivity index (χ1n) is 11.7. The zero-order chi connectivity index (χ0) is 27.0. The summed E-state index contributed by atoms with van der Waals surface area (Å²) >= 11 is 14.7. The van der Waals surface area contributed by atoms with Gasteiger partial charge in [-0.05, 0) is 32.4 Å². The fourth-order valence-corrected chi connectivity index (χ4v) is 6.42. The van der Waals surface area contributed by atoms with E-state index in [0.717, 1.165) is 21.6 Å². The lowest BCUT2D eigenvalue weighted by Gasteiger charge is -2.34. The molecule has 1 aliphatic rings. The molecule has 0 radical (unpaired) electrons. The number of amides is 1. The second-order valence-electron chi connectivity index (χ2n) is 8.49. The Kier molecular flexibility index (Phi) is 7.75. The maximum Gasteiger partial charge on any atom is 0.514 e. The van der Waals surface area contributed by atoms with Gasteiger partial charge < -0.3 is 24.7 Å². The van der Waals surface area contributed by atoms with Crippen LogP contribution in [0.4, 0.5) is 14.3 Å². The molecule has 4 aromatic rings. The maximum atomic E-state index is 15.3. The van der Waals surface area contributed by atoms with Crippen LogP contribution in [0.3, 0.4) is 0 Å². The first-order valence-corrected chi connectivity index (χ1v) is 14.1. The number of carbonyl (C=O) groups is 2. The summed E-state index contributed by atoms with van der Waals surface area (Å²) in [6.45, 7) is 3.92. The van der Waals surface area contributed by atoms with Crippen molar-refractivity contribution >= 4 is 73.3 Å². The van der Waals surface area contributed by atoms with Gasteiger partial charge in [0.2, 0.25) is 5.06 Å². The molecule has 0 unspecified atom stereocenters. The van der Waals surface area contributed by atoms with Crippen molar-refractivity contribution in [3.05, 3.63) is 45.7 Å². The number of alkyl halides is 1. The molecule has 14 heteroatoms. The SMILES string of the molecule is CCOC(=O)Oc1sc(N2CC[C@@H](NC(=O)c3[nH]c(C)c(Cl)c3Cl)[C@@H](F)C2)nc1-c1nc2ccccc2s1. The Morgan fingerprint density at radius 3 is 2.71 bits per heavy atom. The van der Waals surface area contributed by atoms with Crippen LogP contribution in [0.25, 0.3) is 20.9 Å². The topological polar surface area (TPSA) is 109 Å². The number of anilines is 1. The Balaban J connectivity index is 1.35. The number of hydrogen-bond donors (Lipinski definition) is 2. The molecule has 2 atom stereocenters. The summed E-state index contributed by atoms with van der Waals surface area (Å²) in [6, 6.07) is 6.90. The summed E-state index contributed by atoms with van der Waals surface area (Å²) in [4.78, 5) is 38.7. The number of aromatic nitrogens is 3. The minimum absolute atomic E-state index is 0.0190. The number of fused-ring (bicyclic) bond motifs is 1.